The van der Waals surface area contributed by atoms with Gasteiger partial charge in [0, 0.05) is 19.1 Å². The predicted octanol–water partition coefficient (Wildman–Crippen LogP) is 1.60. The van der Waals surface area contributed by atoms with Gasteiger partial charge in [-0.25, -0.2) is 0 Å². The molecule has 2 heterocycles. The molecule has 2 aliphatic rings. The molecule has 3 rings (SSSR count). The number of likely N-dealkylation sites (tertiary alicyclic amines) is 1. The number of nitrogens with one attached hydrogen (secondary N) is 1. The summed E-state index contributed by atoms with van der Waals surface area (Å²) in [7, 11) is 2.21. The van der Waals surface area contributed by atoms with E-state index in [1.165, 1.54) is 24.9 Å². The van der Waals surface area contributed by atoms with E-state index in [9.17, 15) is 0 Å². The average Bonchev–Trinajstić information content (AvgIpc) is 2.98. The zero-order valence-corrected chi connectivity index (χ0v) is 10.8. The zero-order chi connectivity index (χ0) is 12.4. The summed E-state index contributed by atoms with van der Waals surface area (Å²) in [6.07, 6.45) is 2.64. The Hall–Kier alpha value is -1.26. The lowest BCUT2D eigenvalue weighted by Crippen LogP contribution is -2.35. The van der Waals surface area contributed by atoms with Crippen LogP contribution in [0.25, 0.3) is 0 Å². The average molecular weight is 248 g/mol. The lowest BCUT2D eigenvalue weighted by atomic mass is 10.2. The molecular weight excluding hydrogens is 228 g/mol. The first-order chi connectivity index (χ1) is 8.83. The van der Waals surface area contributed by atoms with Crippen molar-refractivity contribution in [3.8, 4) is 11.5 Å². The second-order valence-corrected chi connectivity index (χ2v) is 5.10. The fraction of sp³-hybridized carbons (Fsp3) is 0.571. The lowest BCUT2D eigenvalue weighted by molar-refractivity contribution is 0.174. The Kier molecular flexibility index (Phi) is 3.39. The lowest BCUT2D eigenvalue weighted by Gasteiger charge is -2.19. The molecule has 1 N–H and O–H groups in total. The molecule has 0 saturated carbocycles. The first-order valence-electron chi connectivity index (χ1n) is 6.62. The summed E-state index contributed by atoms with van der Waals surface area (Å²) in [6.45, 7) is 3.53. The van der Waals surface area contributed by atoms with Crippen LogP contribution in [-0.2, 0) is 6.54 Å². The number of hydrogen-bond donors (Lipinski definition) is 1. The topological polar surface area (TPSA) is 33.7 Å². The molecule has 0 bridgehead atoms. The Morgan fingerprint density at radius 2 is 2.22 bits per heavy atom. The third-order valence-electron chi connectivity index (χ3n) is 3.82. The summed E-state index contributed by atoms with van der Waals surface area (Å²) >= 11 is 0. The van der Waals surface area contributed by atoms with Gasteiger partial charge in [-0.15, -0.1) is 0 Å². The van der Waals surface area contributed by atoms with Crippen LogP contribution >= 0.6 is 0 Å². The van der Waals surface area contributed by atoms with Crippen LogP contribution < -0.4 is 14.8 Å². The van der Waals surface area contributed by atoms with Gasteiger partial charge in [-0.05, 0) is 44.1 Å². The number of nitrogens with zero attached hydrogens (tertiary/aromatic N) is 1. The molecule has 0 spiro atoms. The van der Waals surface area contributed by atoms with E-state index in [0.717, 1.165) is 24.6 Å². The van der Waals surface area contributed by atoms with Gasteiger partial charge in [-0.3, -0.25) is 0 Å². The van der Waals surface area contributed by atoms with Gasteiger partial charge in [0.05, 0.1) is 0 Å². The molecule has 98 valence electrons. The van der Waals surface area contributed by atoms with Gasteiger partial charge in [-0.2, -0.15) is 0 Å². The monoisotopic (exact) mass is 248 g/mol. The van der Waals surface area contributed by atoms with E-state index in [4.69, 9.17) is 9.47 Å². The van der Waals surface area contributed by atoms with Gasteiger partial charge in [-0.1, -0.05) is 6.07 Å². The molecule has 0 radical (unpaired) electrons. The van der Waals surface area contributed by atoms with Crippen molar-refractivity contribution < 1.29 is 9.47 Å². The molecule has 1 unspecified atom stereocenters. The Balaban J connectivity index is 1.51. The van der Waals surface area contributed by atoms with Gasteiger partial charge in [0.1, 0.15) is 0 Å². The molecule has 4 nitrogen and oxygen atoms in total. The Labute approximate surface area is 108 Å². The number of likely N-dealkylation sites (N-methyl/N-ethyl adjacent to an activating group) is 1. The zero-order valence-electron chi connectivity index (χ0n) is 10.8. The maximum atomic E-state index is 5.38. The standard InChI is InChI=1S/C14H20N2O2/c1-16-6-2-3-12(16)9-15-8-11-4-5-13-14(7-11)18-10-17-13/h4-5,7,12,15H,2-3,6,8-10H2,1H3. The van der Waals surface area contributed by atoms with Gasteiger partial charge >= 0.3 is 0 Å². The van der Waals surface area contributed by atoms with Crippen LogP contribution in [0.1, 0.15) is 18.4 Å². The van der Waals surface area contributed by atoms with E-state index in [1.54, 1.807) is 0 Å². The Morgan fingerprint density at radius 1 is 1.33 bits per heavy atom. The van der Waals surface area contributed by atoms with Crippen LogP contribution in [0, 0.1) is 0 Å². The van der Waals surface area contributed by atoms with E-state index in [2.05, 4.69) is 29.4 Å². The van der Waals surface area contributed by atoms with Crippen LogP contribution in [0.2, 0.25) is 0 Å². The first kappa shape index (κ1) is 11.8. The minimum Gasteiger partial charge on any atom is -0.454 e. The molecule has 1 saturated heterocycles. The second-order valence-electron chi connectivity index (χ2n) is 5.10. The van der Waals surface area contributed by atoms with Crippen LogP contribution in [0.5, 0.6) is 11.5 Å². The highest BCUT2D eigenvalue weighted by atomic mass is 16.7. The molecular formula is C14H20N2O2. The van der Waals surface area contributed by atoms with E-state index in [1.807, 2.05) is 6.07 Å². The van der Waals surface area contributed by atoms with Gasteiger partial charge in [0.2, 0.25) is 6.79 Å². The summed E-state index contributed by atoms with van der Waals surface area (Å²) in [5.41, 5.74) is 1.25. The van der Waals surface area contributed by atoms with Crippen molar-refractivity contribution in [1.82, 2.24) is 10.2 Å². The summed E-state index contributed by atoms with van der Waals surface area (Å²) < 4.78 is 10.7. The molecule has 0 amide bonds. The predicted molar refractivity (Wildman–Crippen MR) is 69.9 cm³/mol. The van der Waals surface area contributed by atoms with E-state index < -0.39 is 0 Å². The summed E-state index contributed by atoms with van der Waals surface area (Å²) in [5, 5.41) is 3.53. The molecule has 4 heteroatoms. The third-order valence-corrected chi connectivity index (χ3v) is 3.82. The number of rotatable bonds is 4. The van der Waals surface area contributed by atoms with Gasteiger partial charge in [0.15, 0.2) is 11.5 Å². The highest BCUT2D eigenvalue weighted by Gasteiger charge is 2.20. The SMILES string of the molecule is CN1CCCC1CNCc1ccc2c(c1)OCO2. The largest absolute Gasteiger partial charge is 0.454 e. The van der Waals surface area contributed by atoms with E-state index in [-0.39, 0.29) is 0 Å². The molecule has 18 heavy (non-hydrogen) atoms. The maximum absolute atomic E-state index is 5.38. The number of hydrogen-bond acceptors (Lipinski definition) is 4. The minimum atomic E-state index is 0.346. The minimum absolute atomic E-state index is 0.346. The molecule has 1 aromatic carbocycles. The van der Waals surface area contributed by atoms with Gasteiger partial charge in [0.25, 0.3) is 0 Å². The fourth-order valence-corrected chi connectivity index (χ4v) is 2.67. The molecule has 0 aromatic heterocycles. The van der Waals surface area contributed by atoms with Crippen molar-refractivity contribution in [2.75, 3.05) is 26.9 Å². The first-order valence-corrected chi connectivity index (χ1v) is 6.62. The summed E-state index contributed by atoms with van der Waals surface area (Å²) in [6, 6.07) is 6.84. The summed E-state index contributed by atoms with van der Waals surface area (Å²) in [5.74, 6) is 1.72. The molecule has 0 aliphatic carbocycles. The molecule has 1 atom stereocenters. The van der Waals surface area contributed by atoms with Gasteiger partial charge < -0.3 is 19.7 Å². The smallest absolute Gasteiger partial charge is 0.231 e. The van der Waals surface area contributed by atoms with Crippen molar-refractivity contribution in [2.45, 2.75) is 25.4 Å². The number of benzene rings is 1. The van der Waals surface area contributed by atoms with Crippen molar-refractivity contribution >= 4 is 0 Å². The van der Waals surface area contributed by atoms with Crippen molar-refractivity contribution in [3.05, 3.63) is 23.8 Å². The highest BCUT2D eigenvalue weighted by Crippen LogP contribution is 2.32. The fourth-order valence-electron chi connectivity index (χ4n) is 2.67. The third kappa shape index (κ3) is 2.44. The molecule has 2 aliphatic heterocycles. The highest BCUT2D eigenvalue weighted by molar-refractivity contribution is 5.44. The van der Waals surface area contributed by atoms with Crippen molar-refractivity contribution in [2.24, 2.45) is 0 Å². The number of fused-ring (bicyclic) bond motifs is 1. The number of ether oxygens (including phenoxy) is 2. The Bertz CT molecular complexity index is 422. The van der Waals surface area contributed by atoms with Crippen LogP contribution in [0.4, 0.5) is 0 Å². The molecule has 1 aromatic rings. The van der Waals surface area contributed by atoms with Crippen LogP contribution in [-0.4, -0.2) is 37.9 Å². The summed E-state index contributed by atoms with van der Waals surface area (Å²) in [4.78, 5) is 2.44. The van der Waals surface area contributed by atoms with Crippen LogP contribution in [0.15, 0.2) is 18.2 Å². The van der Waals surface area contributed by atoms with Crippen molar-refractivity contribution in [1.29, 1.82) is 0 Å². The maximum Gasteiger partial charge on any atom is 0.231 e. The second kappa shape index (κ2) is 5.16. The molecule has 1 fully saturated rings. The quantitative estimate of drug-likeness (QED) is 0.877. The van der Waals surface area contributed by atoms with Crippen molar-refractivity contribution in [3.63, 3.8) is 0 Å². The van der Waals surface area contributed by atoms with E-state index >= 15 is 0 Å². The van der Waals surface area contributed by atoms with E-state index in [0.29, 0.717) is 12.8 Å². The normalized spacial score (nSPS) is 22.6. The Morgan fingerprint density at radius 3 is 3.06 bits per heavy atom. The van der Waals surface area contributed by atoms with Crippen LogP contribution in [0.3, 0.4) is 0 Å².